The molecule has 0 unspecified atom stereocenters. The summed E-state index contributed by atoms with van der Waals surface area (Å²) in [6, 6.07) is 1.92. The van der Waals surface area contributed by atoms with Gasteiger partial charge in [-0.1, -0.05) is 5.16 Å². The monoisotopic (exact) mass is 257 g/mol. The predicted octanol–water partition coefficient (Wildman–Crippen LogP) is 1.82. The molecule has 0 bridgehead atoms. The van der Waals surface area contributed by atoms with Crippen LogP contribution in [0, 0.1) is 17.5 Å². The molecule has 1 heterocycles. The molecule has 96 valence electrons. The lowest BCUT2D eigenvalue weighted by Crippen LogP contribution is -2.17. The van der Waals surface area contributed by atoms with Crippen molar-refractivity contribution in [1.82, 2.24) is 15.5 Å². The summed E-state index contributed by atoms with van der Waals surface area (Å²) in [5.41, 5.74) is 0.333. The first-order valence-corrected chi connectivity index (χ1v) is 5.26. The van der Waals surface area contributed by atoms with Crippen LogP contribution in [0.1, 0.15) is 11.4 Å². The van der Waals surface area contributed by atoms with E-state index in [-0.39, 0.29) is 6.54 Å². The third-order valence-corrected chi connectivity index (χ3v) is 2.31. The molecule has 1 N–H and O–H groups in total. The van der Waals surface area contributed by atoms with E-state index in [4.69, 9.17) is 0 Å². The van der Waals surface area contributed by atoms with E-state index in [0.29, 0.717) is 24.4 Å². The van der Waals surface area contributed by atoms with E-state index >= 15 is 0 Å². The minimum atomic E-state index is -1.45. The van der Waals surface area contributed by atoms with Gasteiger partial charge in [-0.3, -0.25) is 0 Å². The number of rotatable bonds is 5. The number of nitrogens with one attached hydrogen (secondary N) is 1. The minimum absolute atomic E-state index is 0.228. The van der Waals surface area contributed by atoms with Crippen molar-refractivity contribution in [2.75, 3.05) is 6.54 Å². The summed E-state index contributed by atoms with van der Waals surface area (Å²) in [6.45, 7) is 0.742. The first-order valence-electron chi connectivity index (χ1n) is 5.26. The average Bonchev–Trinajstić information content (AvgIpc) is 2.84. The first kappa shape index (κ1) is 12.6. The maximum Gasteiger partial charge on any atom is 0.213 e. The van der Waals surface area contributed by atoms with Crippen molar-refractivity contribution >= 4 is 0 Å². The highest BCUT2D eigenvalue weighted by Crippen LogP contribution is 2.13. The second kappa shape index (κ2) is 5.63. The molecule has 2 rings (SSSR count). The van der Waals surface area contributed by atoms with Gasteiger partial charge in [0.05, 0.1) is 0 Å². The van der Waals surface area contributed by atoms with E-state index in [1.807, 2.05) is 0 Å². The number of halogens is 3. The Balaban J connectivity index is 1.83. The maximum atomic E-state index is 12.9. The maximum absolute atomic E-state index is 12.9. The zero-order valence-electron chi connectivity index (χ0n) is 9.29. The standard InChI is InChI=1S/C11H10F3N3O/c12-8-3-7(4-9(13)11(8)14)5-15-2-1-10-16-6-18-17-10/h3-4,6,15H,1-2,5H2. The van der Waals surface area contributed by atoms with Gasteiger partial charge in [0.25, 0.3) is 0 Å². The summed E-state index contributed by atoms with van der Waals surface area (Å²) in [7, 11) is 0. The van der Waals surface area contributed by atoms with E-state index in [9.17, 15) is 13.2 Å². The molecule has 4 nitrogen and oxygen atoms in total. The van der Waals surface area contributed by atoms with Gasteiger partial charge in [0.2, 0.25) is 6.39 Å². The van der Waals surface area contributed by atoms with E-state index in [1.54, 1.807) is 0 Å². The van der Waals surface area contributed by atoms with Crippen LogP contribution in [0.4, 0.5) is 13.2 Å². The molecule has 0 spiro atoms. The number of hydrogen-bond acceptors (Lipinski definition) is 4. The van der Waals surface area contributed by atoms with Crippen LogP contribution < -0.4 is 5.32 Å². The molecular weight excluding hydrogens is 247 g/mol. The number of nitrogens with zero attached hydrogens (tertiary/aromatic N) is 2. The van der Waals surface area contributed by atoms with Gasteiger partial charge in [-0.25, -0.2) is 13.2 Å². The molecule has 0 atom stereocenters. The van der Waals surface area contributed by atoms with Crippen LogP contribution in [0.2, 0.25) is 0 Å². The topological polar surface area (TPSA) is 51.0 Å². The Morgan fingerprint density at radius 1 is 1.17 bits per heavy atom. The molecule has 1 aromatic heterocycles. The smallest absolute Gasteiger partial charge is 0.213 e. The normalized spacial score (nSPS) is 10.8. The van der Waals surface area contributed by atoms with Crippen LogP contribution in [0.5, 0.6) is 0 Å². The van der Waals surface area contributed by atoms with Crippen molar-refractivity contribution in [3.8, 4) is 0 Å². The van der Waals surface area contributed by atoms with Gasteiger partial charge in [0.1, 0.15) is 0 Å². The van der Waals surface area contributed by atoms with Crippen molar-refractivity contribution in [2.45, 2.75) is 13.0 Å². The number of aromatic nitrogens is 2. The van der Waals surface area contributed by atoms with Crippen LogP contribution >= 0.6 is 0 Å². The summed E-state index contributed by atoms with van der Waals surface area (Å²) in [4.78, 5) is 3.81. The summed E-state index contributed by atoms with van der Waals surface area (Å²) in [6.07, 6.45) is 1.75. The predicted molar refractivity (Wildman–Crippen MR) is 56.0 cm³/mol. The quantitative estimate of drug-likeness (QED) is 0.655. The third kappa shape index (κ3) is 3.07. The van der Waals surface area contributed by atoms with Crippen LogP contribution in [-0.2, 0) is 13.0 Å². The zero-order chi connectivity index (χ0) is 13.0. The van der Waals surface area contributed by atoms with Gasteiger partial charge in [-0.2, -0.15) is 4.98 Å². The summed E-state index contributed by atoms with van der Waals surface area (Å²) >= 11 is 0. The van der Waals surface area contributed by atoms with Crippen molar-refractivity contribution in [1.29, 1.82) is 0 Å². The molecule has 2 aromatic rings. The lowest BCUT2D eigenvalue weighted by Gasteiger charge is -2.04. The molecule has 0 aliphatic carbocycles. The third-order valence-electron chi connectivity index (χ3n) is 2.31. The molecule has 0 saturated heterocycles. The van der Waals surface area contributed by atoms with Crippen molar-refractivity contribution in [2.24, 2.45) is 0 Å². The average molecular weight is 257 g/mol. The van der Waals surface area contributed by atoms with Gasteiger partial charge in [0, 0.05) is 19.5 Å². The molecule has 7 heteroatoms. The molecule has 0 radical (unpaired) electrons. The molecule has 0 fully saturated rings. The Labute approximate surface area is 101 Å². The van der Waals surface area contributed by atoms with Gasteiger partial charge in [-0.05, 0) is 17.7 Å². The van der Waals surface area contributed by atoms with E-state index in [2.05, 4.69) is 20.0 Å². The van der Waals surface area contributed by atoms with Gasteiger partial charge < -0.3 is 9.84 Å². The molecule has 0 aliphatic heterocycles. The first-order chi connectivity index (χ1) is 8.66. The zero-order valence-corrected chi connectivity index (χ0v) is 9.29. The molecule has 1 aromatic carbocycles. The Hall–Kier alpha value is -1.89. The van der Waals surface area contributed by atoms with Crippen LogP contribution in [-0.4, -0.2) is 16.7 Å². The molecular formula is C11H10F3N3O. The second-order valence-corrected chi connectivity index (χ2v) is 3.65. The SMILES string of the molecule is Fc1cc(CNCCc2ncon2)cc(F)c1F. The Morgan fingerprint density at radius 2 is 1.89 bits per heavy atom. The van der Waals surface area contributed by atoms with Gasteiger partial charge in [-0.15, -0.1) is 0 Å². The van der Waals surface area contributed by atoms with Crippen molar-refractivity contribution in [3.05, 3.63) is 47.4 Å². The largest absolute Gasteiger partial charge is 0.343 e. The van der Waals surface area contributed by atoms with Crippen LogP contribution in [0.3, 0.4) is 0 Å². The van der Waals surface area contributed by atoms with Crippen molar-refractivity contribution < 1.29 is 17.7 Å². The van der Waals surface area contributed by atoms with Crippen LogP contribution in [0.15, 0.2) is 23.0 Å². The fourth-order valence-corrected chi connectivity index (χ4v) is 1.45. The lowest BCUT2D eigenvalue weighted by molar-refractivity contribution is 0.409. The van der Waals surface area contributed by atoms with Crippen LogP contribution in [0.25, 0.3) is 0 Å². The minimum Gasteiger partial charge on any atom is -0.343 e. The lowest BCUT2D eigenvalue weighted by atomic mass is 10.2. The molecule has 0 amide bonds. The molecule has 0 saturated carbocycles. The van der Waals surface area contributed by atoms with E-state index < -0.39 is 17.5 Å². The van der Waals surface area contributed by atoms with Gasteiger partial charge >= 0.3 is 0 Å². The molecule has 0 aliphatic rings. The van der Waals surface area contributed by atoms with Gasteiger partial charge in [0.15, 0.2) is 23.3 Å². The number of benzene rings is 1. The fraction of sp³-hybridized carbons (Fsp3) is 0.273. The summed E-state index contributed by atoms with van der Waals surface area (Å²) in [5.74, 6) is -3.29. The van der Waals surface area contributed by atoms with E-state index in [1.165, 1.54) is 6.39 Å². The Kier molecular flexibility index (Phi) is 3.93. The fourth-order valence-electron chi connectivity index (χ4n) is 1.45. The summed E-state index contributed by atoms with van der Waals surface area (Å²) < 4.78 is 43.0. The van der Waals surface area contributed by atoms with E-state index in [0.717, 1.165) is 12.1 Å². The summed E-state index contributed by atoms with van der Waals surface area (Å²) in [5, 5.41) is 6.54. The Morgan fingerprint density at radius 3 is 2.50 bits per heavy atom. The highest BCUT2D eigenvalue weighted by Gasteiger charge is 2.10. The highest BCUT2D eigenvalue weighted by atomic mass is 19.2. The second-order valence-electron chi connectivity index (χ2n) is 3.65. The highest BCUT2D eigenvalue weighted by molar-refractivity contribution is 5.19. The molecule has 18 heavy (non-hydrogen) atoms. The number of hydrogen-bond donors (Lipinski definition) is 1. The van der Waals surface area contributed by atoms with Crippen molar-refractivity contribution in [3.63, 3.8) is 0 Å². The Bertz CT molecular complexity index is 493.